The first kappa shape index (κ1) is 23.9. The number of ether oxygens (including phenoxy) is 2. The van der Waals surface area contributed by atoms with Gasteiger partial charge in [-0.3, -0.25) is 19.3 Å². The molecule has 3 aromatic carbocycles. The van der Waals surface area contributed by atoms with Crippen molar-refractivity contribution in [2.75, 3.05) is 13.7 Å². The molecule has 0 fully saturated rings. The zero-order valence-electron chi connectivity index (χ0n) is 18.8. The fraction of sp³-hybridized carbons (Fsp3) is 0.192. The van der Waals surface area contributed by atoms with E-state index < -0.39 is 24.3 Å². The summed E-state index contributed by atoms with van der Waals surface area (Å²) in [5.41, 5.74) is 2.28. The number of halogens is 2. The Morgan fingerprint density at radius 2 is 1.66 bits per heavy atom. The molecule has 0 saturated heterocycles. The number of hydrogen-bond acceptors (Lipinski definition) is 5. The molecule has 0 spiro atoms. The monoisotopic (exact) mass is 480 g/mol. The molecule has 0 unspecified atom stereocenters. The molecule has 0 radical (unpaired) electrons. The van der Waals surface area contributed by atoms with Crippen molar-refractivity contribution in [1.82, 2.24) is 10.2 Å². The van der Waals surface area contributed by atoms with Gasteiger partial charge in [0.15, 0.2) is 11.5 Å². The minimum Gasteiger partial charge on any atom is -0.493 e. The van der Waals surface area contributed by atoms with E-state index in [-0.39, 0.29) is 41.3 Å². The van der Waals surface area contributed by atoms with Crippen LogP contribution in [0.25, 0.3) is 0 Å². The first-order valence-corrected chi connectivity index (χ1v) is 10.8. The van der Waals surface area contributed by atoms with E-state index in [4.69, 9.17) is 4.74 Å². The van der Waals surface area contributed by atoms with Crippen LogP contribution in [0.5, 0.6) is 11.5 Å². The summed E-state index contributed by atoms with van der Waals surface area (Å²) in [4.78, 5) is 39.4. The van der Waals surface area contributed by atoms with Gasteiger partial charge in [0.1, 0.15) is 0 Å². The second-order valence-corrected chi connectivity index (χ2v) is 7.81. The fourth-order valence-electron chi connectivity index (χ4n) is 3.82. The topological polar surface area (TPSA) is 84.9 Å². The molecule has 1 heterocycles. The number of imide groups is 1. The highest BCUT2D eigenvalue weighted by molar-refractivity contribution is 6.22. The summed E-state index contributed by atoms with van der Waals surface area (Å²) >= 11 is 0. The predicted molar refractivity (Wildman–Crippen MR) is 123 cm³/mol. The van der Waals surface area contributed by atoms with E-state index in [0.717, 1.165) is 16.0 Å². The molecule has 35 heavy (non-hydrogen) atoms. The molecule has 7 nitrogen and oxygen atoms in total. The van der Waals surface area contributed by atoms with Crippen LogP contribution in [0.4, 0.5) is 8.78 Å². The molecule has 1 aliphatic rings. The second-order valence-electron chi connectivity index (χ2n) is 7.81. The lowest BCUT2D eigenvalue weighted by Gasteiger charge is -2.13. The van der Waals surface area contributed by atoms with Crippen LogP contribution in [0.2, 0.25) is 0 Å². The molecular weight excluding hydrogens is 458 g/mol. The number of rotatable bonds is 9. The number of nitrogens with zero attached hydrogens (tertiary/aromatic N) is 1. The average Bonchev–Trinajstić information content (AvgIpc) is 3.09. The van der Waals surface area contributed by atoms with E-state index in [1.54, 1.807) is 12.1 Å². The van der Waals surface area contributed by atoms with Crippen LogP contribution >= 0.6 is 0 Å². The van der Waals surface area contributed by atoms with Crippen LogP contribution in [0.1, 0.15) is 42.2 Å². The van der Waals surface area contributed by atoms with Crippen molar-refractivity contribution >= 4 is 17.7 Å². The Morgan fingerprint density at radius 1 is 0.914 bits per heavy atom. The largest absolute Gasteiger partial charge is 0.493 e. The van der Waals surface area contributed by atoms with Crippen molar-refractivity contribution < 1.29 is 32.6 Å². The summed E-state index contributed by atoms with van der Waals surface area (Å²) < 4.78 is 34.4. The summed E-state index contributed by atoms with van der Waals surface area (Å²) in [5.74, 6) is -1.15. The van der Waals surface area contributed by atoms with Crippen LogP contribution in [0, 0.1) is 0 Å². The maximum Gasteiger partial charge on any atom is 0.387 e. The summed E-state index contributed by atoms with van der Waals surface area (Å²) in [6, 6.07) is 18.1. The minimum absolute atomic E-state index is 0.0750. The normalized spacial score (nSPS) is 12.6. The van der Waals surface area contributed by atoms with Crippen LogP contribution in [0.3, 0.4) is 0 Å². The standard InChI is InChI=1S/C26H22F2N2O5/c1-34-22-13-16(7-10-21(22)35-26(27)28)11-12-29-23(31)18-8-9-19-20(14-18)25(33)30(24(19)32)15-17-5-3-2-4-6-17/h2-10,13-14,26H,11-12,15H2,1H3,(H,29,31). The molecule has 0 aromatic heterocycles. The summed E-state index contributed by atoms with van der Waals surface area (Å²) in [5, 5.41) is 2.76. The molecule has 4 rings (SSSR count). The van der Waals surface area contributed by atoms with Crippen molar-refractivity contribution in [3.8, 4) is 11.5 Å². The van der Waals surface area contributed by atoms with Gasteiger partial charge in [-0.2, -0.15) is 8.78 Å². The van der Waals surface area contributed by atoms with Gasteiger partial charge in [-0.05, 0) is 47.9 Å². The van der Waals surface area contributed by atoms with Gasteiger partial charge in [0.05, 0.1) is 24.8 Å². The van der Waals surface area contributed by atoms with Crippen LogP contribution in [-0.4, -0.2) is 42.9 Å². The molecule has 0 saturated carbocycles. The third kappa shape index (κ3) is 5.29. The highest BCUT2D eigenvalue weighted by Gasteiger charge is 2.36. The van der Waals surface area contributed by atoms with E-state index in [1.165, 1.54) is 31.4 Å². The molecule has 1 aliphatic heterocycles. The van der Waals surface area contributed by atoms with Gasteiger partial charge in [-0.25, -0.2) is 0 Å². The Bertz CT molecular complexity index is 1260. The quantitative estimate of drug-likeness (QED) is 0.467. The number of methoxy groups -OCH3 is 1. The van der Waals surface area contributed by atoms with Crippen LogP contribution in [0.15, 0.2) is 66.7 Å². The van der Waals surface area contributed by atoms with E-state index >= 15 is 0 Å². The number of hydrogen-bond donors (Lipinski definition) is 1. The van der Waals surface area contributed by atoms with Gasteiger partial charge in [-0.1, -0.05) is 36.4 Å². The fourth-order valence-corrected chi connectivity index (χ4v) is 3.82. The zero-order valence-corrected chi connectivity index (χ0v) is 18.8. The van der Waals surface area contributed by atoms with Gasteiger partial charge in [-0.15, -0.1) is 0 Å². The Balaban J connectivity index is 1.39. The maximum absolute atomic E-state index is 12.8. The van der Waals surface area contributed by atoms with Gasteiger partial charge in [0.25, 0.3) is 17.7 Å². The molecule has 1 N–H and O–H groups in total. The zero-order chi connectivity index (χ0) is 24.9. The number of amides is 3. The highest BCUT2D eigenvalue weighted by atomic mass is 19.3. The van der Waals surface area contributed by atoms with Crippen molar-refractivity contribution in [2.24, 2.45) is 0 Å². The summed E-state index contributed by atoms with van der Waals surface area (Å²) in [6.07, 6.45) is 0.407. The van der Waals surface area contributed by atoms with Crippen LogP contribution < -0.4 is 14.8 Å². The number of alkyl halides is 2. The smallest absolute Gasteiger partial charge is 0.387 e. The van der Waals surface area contributed by atoms with Crippen molar-refractivity contribution in [1.29, 1.82) is 0 Å². The average molecular weight is 480 g/mol. The van der Waals surface area contributed by atoms with E-state index in [9.17, 15) is 23.2 Å². The highest BCUT2D eigenvalue weighted by Crippen LogP contribution is 2.29. The Kier molecular flexibility index (Phi) is 7.05. The third-order valence-electron chi connectivity index (χ3n) is 5.56. The molecule has 180 valence electrons. The maximum atomic E-state index is 12.8. The number of carbonyl (C=O) groups is 3. The lowest BCUT2D eigenvalue weighted by Crippen LogP contribution is -2.29. The number of benzene rings is 3. The Morgan fingerprint density at radius 3 is 2.37 bits per heavy atom. The summed E-state index contributed by atoms with van der Waals surface area (Å²) in [6.45, 7) is -2.56. The predicted octanol–water partition coefficient (Wildman–Crippen LogP) is 4.07. The number of nitrogens with one attached hydrogen (secondary N) is 1. The Labute approximate surface area is 200 Å². The molecular formula is C26H22F2N2O5. The van der Waals surface area contributed by atoms with Gasteiger partial charge < -0.3 is 14.8 Å². The van der Waals surface area contributed by atoms with Crippen molar-refractivity contribution in [2.45, 2.75) is 19.6 Å². The van der Waals surface area contributed by atoms with Crippen molar-refractivity contribution in [3.63, 3.8) is 0 Å². The number of carbonyl (C=O) groups excluding carboxylic acids is 3. The molecule has 3 aromatic rings. The minimum atomic E-state index is -2.96. The van der Waals surface area contributed by atoms with Crippen molar-refractivity contribution in [3.05, 3.63) is 94.5 Å². The van der Waals surface area contributed by atoms with Gasteiger partial charge in [0.2, 0.25) is 0 Å². The van der Waals surface area contributed by atoms with E-state index in [2.05, 4.69) is 10.1 Å². The SMILES string of the molecule is COc1cc(CCNC(=O)c2ccc3c(c2)C(=O)N(Cc2ccccc2)C3=O)ccc1OC(F)F. The first-order valence-electron chi connectivity index (χ1n) is 10.8. The molecule has 0 atom stereocenters. The lowest BCUT2D eigenvalue weighted by atomic mass is 10.1. The van der Waals surface area contributed by atoms with E-state index in [1.807, 2.05) is 30.3 Å². The second kappa shape index (κ2) is 10.3. The van der Waals surface area contributed by atoms with Crippen LogP contribution in [-0.2, 0) is 13.0 Å². The Hall–Kier alpha value is -4.27. The van der Waals surface area contributed by atoms with E-state index in [0.29, 0.717) is 6.42 Å². The number of fused-ring (bicyclic) bond motifs is 1. The molecule has 9 heteroatoms. The molecule has 0 aliphatic carbocycles. The van der Waals surface area contributed by atoms with Gasteiger partial charge >= 0.3 is 6.61 Å². The molecule has 0 bridgehead atoms. The third-order valence-corrected chi connectivity index (χ3v) is 5.56. The van der Waals surface area contributed by atoms with Gasteiger partial charge in [0, 0.05) is 12.1 Å². The lowest BCUT2D eigenvalue weighted by molar-refractivity contribution is -0.0512. The first-order chi connectivity index (χ1) is 16.9. The molecule has 3 amide bonds. The summed E-state index contributed by atoms with van der Waals surface area (Å²) in [7, 11) is 1.35.